The summed E-state index contributed by atoms with van der Waals surface area (Å²) in [6.45, 7) is 9.40. The van der Waals surface area contributed by atoms with Crippen molar-refractivity contribution < 1.29 is 8.42 Å². The van der Waals surface area contributed by atoms with Crippen LogP contribution in [0.2, 0.25) is 0 Å². The molecule has 0 saturated heterocycles. The molecule has 0 aliphatic heterocycles. The first-order chi connectivity index (χ1) is 13.1. The molecule has 1 unspecified atom stereocenters. The quantitative estimate of drug-likeness (QED) is 0.286. The summed E-state index contributed by atoms with van der Waals surface area (Å²) in [5, 5.41) is 16.3. The van der Waals surface area contributed by atoms with Gasteiger partial charge in [0, 0.05) is 25.3 Å². The maximum atomic E-state index is 11.3. The Hall–Kier alpha value is -1.66. The molecule has 0 bridgehead atoms. The number of aliphatic imine (C=N–C) groups is 1. The van der Waals surface area contributed by atoms with Crippen LogP contribution in [0.15, 0.2) is 34.2 Å². The van der Waals surface area contributed by atoms with Crippen molar-refractivity contribution in [3.05, 3.63) is 46.8 Å². The lowest BCUT2D eigenvalue weighted by molar-refractivity contribution is 0.597. The highest BCUT2D eigenvalue weighted by atomic mass is 127. The van der Waals surface area contributed by atoms with Gasteiger partial charge in [0.25, 0.3) is 0 Å². The van der Waals surface area contributed by atoms with E-state index in [0.717, 1.165) is 24.2 Å². The lowest BCUT2D eigenvalue weighted by Crippen LogP contribution is -2.43. The smallest absolute Gasteiger partial charge is 0.238 e. The van der Waals surface area contributed by atoms with Crippen LogP contribution in [0.4, 0.5) is 0 Å². The largest absolute Gasteiger partial charge is 0.357 e. The van der Waals surface area contributed by atoms with Crippen LogP contribution in [0.5, 0.6) is 0 Å². The summed E-state index contributed by atoms with van der Waals surface area (Å²) in [7, 11) is -1.72. The molecule has 2 aromatic rings. The van der Waals surface area contributed by atoms with Crippen molar-refractivity contribution in [1.82, 2.24) is 20.4 Å². The van der Waals surface area contributed by atoms with Crippen molar-refractivity contribution in [2.24, 2.45) is 17.2 Å². The summed E-state index contributed by atoms with van der Waals surface area (Å²) in [4.78, 5) is 4.70. The standard InChI is InChI=1S/C19H30N6O2S.HI/c1-6-21-19(22-12-16-7-9-17(10-8-16)28(20,26)27)23-13(2)11-18-14(3)24-25(5)15(18)4;/h7-10,13H,6,11-12H2,1-5H3,(H2,20,26,27)(H2,21,22,23);1H. The summed E-state index contributed by atoms with van der Waals surface area (Å²) in [5.74, 6) is 0.713. The van der Waals surface area contributed by atoms with Gasteiger partial charge in [-0.2, -0.15) is 5.10 Å². The number of hydrogen-bond donors (Lipinski definition) is 3. The molecule has 1 aromatic heterocycles. The van der Waals surface area contributed by atoms with E-state index >= 15 is 0 Å². The molecule has 10 heteroatoms. The van der Waals surface area contributed by atoms with Crippen molar-refractivity contribution in [2.75, 3.05) is 6.54 Å². The van der Waals surface area contributed by atoms with Gasteiger partial charge in [-0.1, -0.05) is 12.1 Å². The maximum absolute atomic E-state index is 11.3. The Bertz CT molecular complexity index is 938. The molecule has 29 heavy (non-hydrogen) atoms. The number of aryl methyl sites for hydroxylation is 2. The van der Waals surface area contributed by atoms with Crippen LogP contribution >= 0.6 is 24.0 Å². The zero-order valence-electron chi connectivity index (χ0n) is 17.6. The molecule has 1 heterocycles. The van der Waals surface area contributed by atoms with Crippen LogP contribution in [0, 0.1) is 13.8 Å². The van der Waals surface area contributed by atoms with E-state index < -0.39 is 10.0 Å². The van der Waals surface area contributed by atoms with Crippen LogP contribution in [-0.2, 0) is 30.0 Å². The second-order valence-electron chi connectivity index (χ2n) is 6.91. The molecule has 1 aromatic carbocycles. The van der Waals surface area contributed by atoms with Gasteiger partial charge in [-0.15, -0.1) is 24.0 Å². The molecule has 162 valence electrons. The average molecular weight is 534 g/mol. The van der Waals surface area contributed by atoms with Crippen molar-refractivity contribution >= 4 is 40.0 Å². The highest BCUT2D eigenvalue weighted by Crippen LogP contribution is 2.14. The molecule has 2 rings (SSSR count). The van der Waals surface area contributed by atoms with Crippen LogP contribution in [0.1, 0.15) is 36.4 Å². The number of primary sulfonamides is 1. The Labute approximate surface area is 190 Å². The molecule has 0 spiro atoms. The van der Waals surface area contributed by atoms with Gasteiger partial charge >= 0.3 is 0 Å². The van der Waals surface area contributed by atoms with E-state index in [1.54, 1.807) is 12.1 Å². The van der Waals surface area contributed by atoms with Gasteiger partial charge in [0.15, 0.2) is 5.96 Å². The Balaban J connectivity index is 0.00000420. The lowest BCUT2D eigenvalue weighted by atomic mass is 10.1. The Morgan fingerprint density at radius 3 is 2.38 bits per heavy atom. The summed E-state index contributed by atoms with van der Waals surface area (Å²) in [6.07, 6.45) is 0.846. The first-order valence-corrected chi connectivity index (χ1v) is 10.8. The molecule has 0 saturated carbocycles. The number of guanidine groups is 1. The zero-order valence-corrected chi connectivity index (χ0v) is 20.7. The third kappa shape index (κ3) is 7.27. The van der Waals surface area contributed by atoms with Gasteiger partial charge in [-0.3, -0.25) is 4.68 Å². The molecule has 1 atom stereocenters. The maximum Gasteiger partial charge on any atom is 0.238 e. The lowest BCUT2D eigenvalue weighted by Gasteiger charge is -2.18. The Kier molecular flexibility index (Phi) is 9.56. The SMILES string of the molecule is CCNC(=NCc1ccc(S(N)(=O)=O)cc1)NC(C)Cc1c(C)nn(C)c1C.I. The average Bonchev–Trinajstić information content (AvgIpc) is 2.85. The van der Waals surface area contributed by atoms with Gasteiger partial charge in [0.2, 0.25) is 10.0 Å². The molecule has 0 aliphatic rings. The van der Waals surface area contributed by atoms with E-state index in [1.165, 1.54) is 23.4 Å². The fraction of sp³-hybridized carbons (Fsp3) is 0.474. The first-order valence-electron chi connectivity index (χ1n) is 9.27. The summed E-state index contributed by atoms with van der Waals surface area (Å²) >= 11 is 0. The predicted molar refractivity (Wildman–Crippen MR) is 127 cm³/mol. The third-order valence-corrected chi connectivity index (χ3v) is 5.50. The molecule has 0 aliphatic carbocycles. The molecule has 0 fully saturated rings. The van der Waals surface area contributed by atoms with E-state index in [2.05, 4.69) is 34.6 Å². The van der Waals surface area contributed by atoms with Crippen molar-refractivity contribution in [3.8, 4) is 0 Å². The Morgan fingerprint density at radius 2 is 1.90 bits per heavy atom. The highest BCUT2D eigenvalue weighted by molar-refractivity contribution is 14.0. The van der Waals surface area contributed by atoms with Crippen LogP contribution in [0.25, 0.3) is 0 Å². The summed E-state index contributed by atoms with van der Waals surface area (Å²) < 4.78 is 24.6. The van der Waals surface area contributed by atoms with Crippen molar-refractivity contribution in [3.63, 3.8) is 0 Å². The second kappa shape index (κ2) is 10.9. The minimum Gasteiger partial charge on any atom is -0.357 e. The molecule has 8 nitrogen and oxygen atoms in total. The molecular formula is C19H31IN6O2S. The zero-order chi connectivity index (χ0) is 20.9. The summed E-state index contributed by atoms with van der Waals surface area (Å²) in [5.41, 5.74) is 4.36. The Morgan fingerprint density at radius 1 is 1.28 bits per heavy atom. The second-order valence-corrected chi connectivity index (χ2v) is 8.47. The number of benzene rings is 1. The highest BCUT2D eigenvalue weighted by Gasteiger charge is 2.14. The molecular weight excluding hydrogens is 503 g/mol. The fourth-order valence-corrected chi connectivity index (χ4v) is 3.49. The van der Waals surface area contributed by atoms with Gasteiger partial charge < -0.3 is 10.6 Å². The monoisotopic (exact) mass is 534 g/mol. The topological polar surface area (TPSA) is 114 Å². The van der Waals surface area contributed by atoms with Crippen LogP contribution in [0.3, 0.4) is 0 Å². The van der Waals surface area contributed by atoms with Crippen LogP contribution < -0.4 is 15.8 Å². The van der Waals surface area contributed by atoms with Crippen LogP contribution in [-0.4, -0.2) is 36.7 Å². The number of hydrogen-bond acceptors (Lipinski definition) is 4. The van der Waals surface area contributed by atoms with Gasteiger partial charge in [0.1, 0.15) is 0 Å². The van der Waals surface area contributed by atoms with E-state index in [9.17, 15) is 8.42 Å². The number of sulfonamides is 1. The van der Waals surface area contributed by atoms with Crippen molar-refractivity contribution in [1.29, 1.82) is 0 Å². The number of nitrogens with one attached hydrogen (secondary N) is 2. The van der Waals surface area contributed by atoms with E-state index in [-0.39, 0.29) is 34.9 Å². The third-order valence-electron chi connectivity index (χ3n) is 4.57. The number of rotatable bonds is 7. The van der Waals surface area contributed by atoms with Gasteiger partial charge in [-0.05, 0) is 57.4 Å². The van der Waals surface area contributed by atoms with Crippen molar-refractivity contribution in [2.45, 2.75) is 51.6 Å². The number of halogens is 1. The molecule has 4 N–H and O–H groups in total. The minimum absolute atomic E-state index is 0. The first kappa shape index (κ1) is 25.4. The van der Waals surface area contributed by atoms with E-state index in [1.807, 2.05) is 25.6 Å². The number of nitrogens with two attached hydrogens (primary N) is 1. The molecule has 0 radical (unpaired) electrons. The predicted octanol–water partition coefficient (Wildman–Crippen LogP) is 1.99. The molecule has 0 amide bonds. The van der Waals surface area contributed by atoms with E-state index in [0.29, 0.717) is 12.5 Å². The van der Waals surface area contributed by atoms with Gasteiger partial charge in [-0.25, -0.2) is 18.5 Å². The minimum atomic E-state index is -3.68. The number of nitrogens with zero attached hydrogens (tertiary/aromatic N) is 3. The van der Waals surface area contributed by atoms with E-state index in [4.69, 9.17) is 5.14 Å². The summed E-state index contributed by atoms with van der Waals surface area (Å²) in [6, 6.07) is 6.61. The fourth-order valence-electron chi connectivity index (χ4n) is 2.98. The normalized spacial score (nSPS) is 13.0. The van der Waals surface area contributed by atoms with Gasteiger partial charge in [0.05, 0.1) is 17.1 Å². The number of aromatic nitrogens is 2.